The van der Waals surface area contributed by atoms with Crippen LogP contribution in [-0.2, 0) is 9.31 Å². The van der Waals surface area contributed by atoms with Crippen molar-refractivity contribution < 1.29 is 9.31 Å². The molecule has 0 aliphatic carbocycles. The summed E-state index contributed by atoms with van der Waals surface area (Å²) in [4.78, 5) is 4.99. The van der Waals surface area contributed by atoms with Crippen LogP contribution in [0.15, 0.2) is 72.8 Å². The van der Waals surface area contributed by atoms with E-state index in [0.29, 0.717) is 5.92 Å². The molecule has 0 unspecified atom stereocenters. The fourth-order valence-corrected chi connectivity index (χ4v) is 4.26. The Bertz CT molecular complexity index is 1270. The van der Waals surface area contributed by atoms with E-state index in [9.17, 15) is 0 Å². The zero-order valence-electron chi connectivity index (χ0n) is 20.3. The third kappa shape index (κ3) is 3.79. The lowest BCUT2D eigenvalue weighted by Crippen LogP contribution is -2.41. The van der Waals surface area contributed by atoms with E-state index in [1.807, 2.05) is 6.07 Å². The van der Waals surface area contributed by atoms with Crippen LogP contribution in [0.4, 0.5) is 0 Å². The minimum atomic E-state index is -0.369. The molecule has 4 nitrogen and oxygen atoms in total. The fourth-order valence-electron chi connectivity index (χ4n) is 4.26. The molecule has 33 heavy (non-hydrogen) atoms. The van der Waals surface area contributed by atoms with Gasteiger partial charge < -0.3 is 9.31 Å². The molecule has 0 radical (unpaired) electrons. The van der Waals surface area contributed by atoms with Crippen molar-refractivity contribution in [1.29, 1.82) is 0 Å². The molecule has 1 aromatic heterocycles. The molecule has 5 heteroatoms. The van der Waals surface area contributed by atoms with Gasteiger partial charge in [0.2, 0.25) is 0 Å². The van der Waals surface area contributed by atoms with Crippen molar-refractivity contribution in [1.82, 2.24) is 9.55 Å². The van der Waals surface area contributed by atoms with Gasteiger partial charge in [0.15, 0.2) is 0 Å². The highest BCUT2D eigenvalue weighted by Crippen LogP contribution is 2.36. The maximum absolute atomic E-state index is 6.23. The van der Waals surface area contributed by atoms with Crippen molar-refractivity contribution in [2.24, 2.45) is 0 Å². The Morgan fingerprint density at radius 2 is 1.39 bits per heavy atom. The molecule has 1 fully saturated rings. The van der Waals surface area contributed by atoms with Gasteiger partial charge in [-0.3, -0.25) is 4.57 Å². The van der Waals surface area contributed by atoms with Gasteiger partial charge in [0, 0.05) is 11.3 Å². The Hall–Kier alpha value is -2.89. The number of fused-ring (bicyclic) bond motifs is 1. The first-order chi connectivity index (χ1) is 15.7. The summed E-state index contributed by atoms with van der Waals surface area (Å²) in [5, 5.41) is 0. The van der Waals surface area contributed by atoms with Crippen molar-refractivity contribution in [3.8, 4) is 17.1 Å². The second kappa shape index (κ2) is 7.86. The lowest BCUT2D eigenvalue weighted by atomic mass is 9.79. The van der Waals surface area contributed by atoms with E-state index < -0.39 is 0 Å². The van der Waals surface area contributed by atoms with E-state index in [0.717, 1.165) is 33.6 Å². The highest BCUT2D eigenvalue weighted by atomic mass is 16.7. The summed E-state index contributed by atoms with van der Waals surface area (Å²) >= 11 is 0. The van der Waals surface area contributed by atoms with Crippen LogP contribution in [0, 0.1) is 0 Å². The minimum Gasteiger partial charge on any atom is -0.399 e. The highest BCUT2D eigenvalue weighted by Gasteiger charge is 2.51. The van der Waals surface area contributed by atoms with Gasteiger partial charge in [-0.25, -0.2) is 4.98 Å². The predicted octanol–water partition coefficient (Wildman–Crippen LogP) is 6.12. The van der Waals surface area contributed by atoms with Gasteiger partial charge in [0.05, 0.1) is 22.2 Å². The number of rotatable bonds is 4. The maximum atomic E-state index is 6.23. The van der Waals surface area contributed by atoms with E-state index in [1.54, 1.807) is 0 Å². The van der Waals surface area contributed by atoms with Crippen LogP contribution in [-0.4, -0.2) is 27.9 Å². The SMILES string of the molecule is CC(C)c1ccc(-c2nc3ccccc3n2-c2ccc(B3OC(C)(C)C(C)(C)O3)cc2)cc1. The lowest BCUT2D eigenvalue weighted by molar-refractivity contribution is 0.00578. The van der Waals surface area contributed by atoms with Gasteiger partial charge in [-0.2, -0.15) is 0 Å². The number of benzene rings is 3. The van der Waals surface area contributed by atoms with Crippen molar-refractivity contribution in [3.05, 3.63) is 78.4 Å². The summed E-state index contributed by atoms with van der Waals surface area (Å²) in [6, 6.07) is 25.5. The zero-order valence-corrected chi connectivity index (χ0v) is 20.3. The Kier molecular flexibility index (Phi) is 5.22. The molecular weight excluding hydrogens is 407 g/mol. The van der Waals surface area contributed by atoms with Crippen molar-refractivity contribution in [2.75, 3.05) is 0 Å². The average molecular weight is 438 g/mol. The van der Waals surface area contributed by atoms with E-state index in [4.69, 9.17) is 14.3 Å². The molecule has 2 heterocycles. The first-order valence-electron chi connectivity index (χ1n) is 11.7. The van der Waals surface area contributed by atoms with Crippen LogP contribution in [0.2, 0.25) is 0 Å². The normalized spacial score (nSPS) is 17.2. The molecule has 1 aliphatic heterocycles. The summed E-state index contributed by atoms with van der Waals surface area (Å²) in [7, 11) is -0.369. The monoisotopic (exact) mass is 438 g/mol. The van der Waals surface area contributed by atoms with Crippen LogP contribution in [0.5, 0.6) is 0 Å². The van der Waals surface area contributed by atoms with Crippen LogP contribution in [0.1, 0.15) is 53.0 Å². The van der Waals surface area contributed by atoms with Crippen molar-refractivity contribution >= 4 is 23.6 Å². The molecule has 0 N–H and O–H groups in total. The zero-order chi connectivity index (χ0) is 23.4. The van der Waals surface area contributed by atoms with Gasteiger partial charge >= 0.3 is 7.12 Å². The van der Waals surface area contributed by atoms with Crippen molar-refractivity contribution in [3.63, 3.8) is 0 Å². The lowest BCUT2D eigenvalue weighted by Gasteiger charge is -2.32. The predicted molar refractivity (Wildman–Crippen MR) is 136 cm³/mol. The second-order valence-electron chi connectivity index (χ2n) is 10.2. The van der Waals surface area contributed by atoms with E-state index in [2.05, 4.69) is 113 Å². The summed E-state index contributed by atoms with van der Waals surface area (Å²) in [6.45, 7) is 12.7. The summed E-state index contributed by atoms with van der Waals surface area (Å²) < 4.78 is 14.7. The van der Waals surface area contributed by atoms with Gasteiger partial charge in [0.25, 0.3) is 0 Å². The molecule has 168 valence electrons. The van der Waals surface area contributed by atoms with Crippen LogP contribution in [0.3, 0.4) is 0 Å². The minimum absolute atomic E-state index is 0.355. The molecule has 0 atom stereocenters. The Labute approximate surface area is 196 Å². The van der Waals surface area contributed by atoms with E-state index in [-0.39, 0.29) is 18.3 Å². The van der Waals surface area contributed by atoms with Crippen LogP contribution in [0.25, 0.3) is 28.1 Å². The van der Waals surface area contributed by atoms with Crippen molar-refractivity contribution in [2.45, 2.75) is 58.7 Å². The summed E-state index contributed by atoms with van der Waals surface area (Å²) in [5.74, 6) is 1.44. The number of hydrogen-bond acceptors (Lipinski definition) is 3. The summed E-state index contributed by atoms with van der Waals surface area (Å²) in [5.41, 5.74) is 5.87. The number of para-hydroxylation sites is 2. The molecule has 3 aromatic carbocycles. The molecule has 0 bridgehead atoms. The van der Waals surface area contributed by atoms with E-state index >= 15 is 0 Å². The molecule has 1 saturated heterocycles. The molecule has 4 aromatic rings. The third-order valence-electron chi connectivity index (χ3n) is 7.07. The average Bonchev–Trinajstić information content (AvgIpc) is 3.28. The topological polar surface area (TPSA) is 36.3 Å². The number of aromatic nitrogens is 2. The Morgan fingerprint density at radius 3 is 2.00 bits per heavy atom. The van der Waals surface area contributed by atoms with Gasteiger partial charge in [-0.15, -0.1) is 0 Å². The third-order valence-corrected chi connectivity index (χ3v) is 7.07. The molecule has 5 rings (SSSR count). The van der Waals surface area contributed by atoms with Crippen LogP contribution >= 0.6 is 0 Å². The second-order valence-corrected chi connectivity index (χ2v) is 10.2. The fraction of sp³-hybridized carbons (Fsp3) is 0.321. The van der Waals surface area contributed by atoms with Gasteiger partial charge in [0.1, 0.15) is 5.82 Å². The number of nitrogens with zero attached hydrogens (tertiary/aromatic N) is 2. The molecule has 0 amide bonds. The quantitative estimate of drug-likeness (QED) is 0.361. The Morgan fingerprint density at radius 1 is 0.788 bits per heavy atom. The molecular formula is C28H31BN2O2. The number of imidazole rings is 1. The van der Waals surface area contributed by atoms with E-state index in [1.165, 1.54) is 5.56 Å². The van der Waals surface area contributed by atoms with Gasteiger partial charge in [-0.1, -0.05) is 62.4 Å². The highest BCUT2D eigenvalue weighted by molar-refractivity contribution is 6.62. The first kappa shape index (κ1) is 21.9. The first-order valence-corrected chi connectivity index (χ1v) is 11.7. The van der Waals surface area contributed by atoms with Crippen LogP contribution < -0.4 is 5.46 Å². The Balaban J connectivity index is 1.55. The van der Waals surface area contributed by atoms with Gasteiger partial charge in [-0.05, 0) is 68.9 Å². The largest absolute Gasteiger partial charge is 0.494 e. The molecule has 0 spiro atoms. The standard InChI is InChI=1S/C28H31BN2O2/c1-19(2)20-11-13-21(14-12-20)26-30-24-9-7-8-10-25(24)31(26)23-17-15-22(16-18-23)29-32-27(3,4)28(5,6)33-29/h7-19H,1-6H3. The molecule has 1 aliphatic rings. The molecule has 0 saturated carbocycles. The number of hydrogen-bond donors (Lipinski definition) is 0. The maximum Gasteiger partial charge on any atom is 0.494 e. The smallest absolute Gasteiger partial charge is 0.399 e. The summed E-state index contributed by atoms with van der Waals surface area (Å²) in [6.07, 6.45) is 0.